The van der Waals surface area contributed by atoms with Gasteiger partial charge in [-0.1, -0.05) is 66.7 Å². The molecule has 46 heavy (non-hydrogen) atoms. The van der Waals surface area contributed by atoms with Crippen LogP contribution in [-0.4, -0.2) is 9.13 Å². The van der Waals surface area contributed by atoms with Gasteiger partial charge in [-0.05, 0) is 85.9 Å². The number of aromatic nitrogens is 2. The maximum atomic E-state index is 2.53. The predicted octanol–water partition coefficient (Wildman–Crippen LogP) is 12.2. The minimum absolute atomic E-state index is 1.04. The molecule has 0 atom stereocenters. The molecule has 0 amide bonds. The Bertz CT molecular complexity index is 2760. The van der Waals surface area contributed by atoms with Crippen molar-refractivity contribution in [3.05, 3.63) is 131 Å². The largest absolute Gasteiger partial charge is 0.313 e. The topological polar surface area (TPSA) is 9.86 Å². The van der Waals surface area contributed by atoms with E-state index in [4.69, 9.17) is 0 Å². The predicted molar refractivity (Wildman–Crippen MR) is 201 cm³/mol. The summed E-state index contributed by atoms with van der Waals surface area (Å²) in [6, 6.07) is 38.6. The molecule has 2 nitrogen and oxygen atoms in total. The van der Waals surface area contributed by atoms with Crippen molar-refractivity contribution in [2.24, 2.45) is 0 Å². The van der Waals surface area contributed by atoms with Crippen LogP contribution >= 0.6 is 22.7 Å². The number of thiophene rings is 2. The van der Waals surface area contributed by atoms with Crippen LogP contribution in [0.5, 0.6) is 0 Å². The lowest BCUT2D eigenvalue weighted by atomic mass is 9.97. The molecule has 0 radical (unpaired) electrons. The van der Waals surface area contributed by atoms with Crippen LogP contribution in [0.3, 0.4) is 0 Å². The van der Waals surface area contributed by atoms with Crippen LogP contribution in [0, 0.1) is 0 Å². The van der Waals surface area contributed by atoms with Gasteiger partial charge in [0.15, 0.2) is 0 Å². The number of hydrogen-bond acceptors (Lipinski definition) is 2. The SMILES string of the molecule is C1=Cc2c(n(-c3ccc4sc5ccc6sc7c(c6c5c4c3)C=C(n3c4ccccc4c4ccccc43)CC7)c3ccccc23)CC1. The lowest BCUT2D eigenvalue weighted by molar-refractivity contribution is 0.889. The second-order valence-electron chi connectivity index (χ2n) is 12.7. The summed E-state index contributed by atoms with van der Waals surface area (Å²) < 4.78 is 9.19. The van der Waals surface area contributed by atoms with E-state index in [1.54, 1.807) is 0 Å². The second-order valence-corrected chi connectivity index (χ2v) is 14.9. The Labute approximate surface area is 273 Å². The number of fused-ring (bicyclic) bond motifs is 13. The molecular weight excluding hydrogens is 597 g/mol. The Balaban J connectivity index is 1.18. The van der Waals surface area contributed by atoms with E-state index in [-0.39, 0.29) is 0 Å². The quantitative estimate of drug-likeness (QED) is 0.181. The van der Waals surface area contributed by atoms with Crippen molar-refractivity contribution >= 4 is 103 Å². The van der Waals surface area contributed by atoms with Gasteiger partial charge in [0, 0.05) is 73.9 Å². The van der Waals surface area contributed by atoms with E-state index in [2.05, 4.69) is 130 Å². The maximum Gasteiger partial charge on any atom is 0.0537 e. The third kappa shape index (κ3) is 3.35. The lowest BCUT2D eigenvalue weighted by Gasteiger charge is -2.17. The molecular formula is C42H28N2S2. The van der Waals surface area contributed by atoms with E-state index in [9.17, 15) is 0 Å². The number of rotatable bonds is 2. The fraction of sp³-hybridized carbons (Fsp3) is 0.0952. The Hall–Kier alpha value is -4.90. The molecule has 0 spiro atoms. The molecule has 0 saturated heterocycles. The van der Waals surface area contributed by atoms with Crippen LogP contribution in [0.25, 0.3) is 86.5 Å². The molecule has 9 aromatic rings. The van der Waals surface area contributed by atoms with Gasteiger partial charge in [-0.3, -0.25) is 0 Å². The zero-order valence-corrected chi connectivity index (χ0v) is 26.7. The molecule has 0 N–H and O–H groups in total. The van der Waals surface area contributed by atoms with Crippen LogP contribution in [0.15, 0.2) is 109 Å². The Morgan fingerprint density at radius 3 is 1.98 bits per heavy atom. The van der Waals surface area contributed by atoms with Crippen LogP contribution in [0.1, 0.15) is 34.5 Å². The molecule has 4 heterocycles. The van der Waals surface area contributed by atoms with Gasteiger partial charge >= 0.3 is 0 Å². The third-order valence-corrected chi connectivity index (χ3v) is 12.6. The minimum Gasteiger partial charge on any atom is -0.313 e. The zero-order chi connectivity index (χ0) is 29.9. The van der Waals surface area contributed by atoms with Gasteiger partial charge in [0.25, 0.3) is 0 Å². The highest BCUT2D eigenvalue weighted by molar-refractivity contribution is 7.26. The van der Waals surface area contributed by atoms with Crippen molar-refractivity contribution in [3.8, 4) is 5.69 Å². The summed E-state index contributed by atoms with van der Waals surface area (Å²) in [6.45, 7) is 0. The minimum atomic E-state index is 1.04. The van der Waals surface area contributed by atoms with Crippen LogP contribution < -0.4 is 0 Å². The maximum absolute atomic E-state index is 2.53. The first-order valence-electron chi connectivity index (χ1n) is 16.2. The summed E-state index contributed by atoms with van der Waals surface area (Å²) in [4.78, 5) is 1.51. The number of hydrogen-bond donors (Lipinski definition) is 0. The van der Waals surface area contributed by atoms with Crippen LogP contribution in [0.4, 0.5) is 0 Å². The molecule has 4 heteroatoms. The third-order valence-electron chi connectivity index (χ3n) is 10.3. The van der Waals surface area contributed by atoms with Crippen molar-refractivity contribution in [2.45, 2.75) is 25.7 Å². The van der Waals surface area contributed by atoms with E-state index in [0.29, 0.717) is 0 Å². The molecule has 2 aliphatic rings. The van der Waals surface area contributed by atoms with Gasteiger partial charge in [0.05, 0.1) is 16.6 Å². The van der Waals surface area contributed by atoms with Gasteiger partial charge in [-0.15, -0.1) is 22.7 Å². The fourth-order valence-electron chi connectivity index (χ4n) is 8.35. The highest BCUT2D eigenvalue weighted by Gasteiger charge is 2.24. The monoisotopic (exact) mass is 624 g/mol. The summed E-state index contributed by atoms with van der Waals surface area (Å²) in [7, 11) is 0. The first-order valence-corrected chi connectivity index (χ1v) is 17.8. The molecule has 2 aliphatic carbocycles. The van der Waals surface area contributed by atoms with E-state index in [1.807, 2.05) is 22.7 Å². The Kier molecular flexibility index (Phi) is 5.13. The van der Waals surface area contributed by atoms with E-state index in [0.717, 1.165) is 25.7 Å². The molecule has 11 rings (SSSR count). The van der Waals surface area contributed by atoms with Crippen LogP contribution in [-0.2, 0) is 12.8 Å². The van der Waals surface area contributed by atoms with Crippen molar-refractivity contribution < 1.29 is 0 Å². The standard InChI is InChI=1S/C42H28N2S2/c1-5-13-33-27(9-1)28-10-2-6-14-34(28)43(33)25-17-19-37-31(23-25)41-39(45-37)21-22-40-42(41)32-24-26(18-20-38(32)46-40)44-35-15-7-3-11-29(35)30-12-4-8-16-36(30)44/h1-7,9-15,18,20-24H,8,16-17,19H2. The normalized spacial score (nSPS) is 14.7. The van der Waals surface area contributed by atoms with E-state index >= 15 is 0 Å². The summed E-state index contributed by atoms with van der Waals surface area (Å²) in [5.41, 5.74) is 10.8. The first-order chi connectivity index (χ1) is 22.8. The number of benzene rings is 5. The smallest absolute Gasteiger partial charge is 0.0537 e. The fourth-order valence-corrected chi connectivity index (χ4v) is 10.6. The molecule has 0 unspecified atom stereocenters. The van der Waals surface area contributed by atoms with E-state index in [1.165, 1.54) is 96.0 Å². The summed E-state index contributed by atoms with van der Waals surface area (Å²) >= 11 is 3.92. The second kappa shape index (κ2) is 9.32. The zero-order valence-electron chi connectivity index (χ0n) is 25.1. The number of nitrogens with zero attached hydrogens (tertiary/aromatic N) is 2. The molecule has 5 aromatic carbocycles. The van der Waals surface area contributed by atoms with Crippen LogP contribution in [0.2, 0.25) is 0 Å². The molecule has 218 valence electrons. The average Bonchev–Trinajstić information content (AvgIpc) is 3.85. The number of para-hydroxylation sites is 3. The first kappa shape index (κ1) is 25.3. The molecule has 0 saturated carbocycles. The van der Waals surface area contributed by atoms with Crippen molar-refractivity contribution in [3.63, 3.8) is 0 Å². The van der Waals surface area contributed by atoms with Gasteiger partial charge in [0.1, 0.15) is 0 Å². The van der Waals surface area contributed by atoms with Gasteiger partial charge in [0.2, 0.25) is 0 Å². The van der Waals surface area contributed by atoms with E-state index < -0.39 is 0 Å². The molecule has 0 bridgehead atoms. The lowest BCUT2D eigenvalue weighted by Crippen LogP contribution is -2.03. The van der Waals surface area contributed by atoms with Gasteiger partial charge in [-0.2, -0.15) is 0 Å². The average molecular weight is 625 g/mol. The number of allylic oxidation sites excluding steroid dienone is 2. The van der Waals surface area contributed by atoms with Crippen molar-refractivity contribution in [1.82, 2.24) is 9.13 Å². The number of aryl methyl sites for hydroxylation is 1. The highest BCUT2D eigenvalue weighted by Crippen LogP contribution is 2.48. The molecule has 4 aromatic heterocycles. The summed E-state index contributed by atoms with van der Waals surface area (Å²) in [5, 5.41) is 8.23. The van der Waals surface area contributed by atoms with Crippen molar-refractivity contribution in [1.29, 1.82) is 0 Å². The summed E-state index contributed by atoms with van der Waals surface area (Å²) in [5.74, 6) is 0. The summed E-state index contributed by atoms with van der Waals surface area (Å²) in [6.07, 6.45) is 11.5. The Morgan fingerprint density at radius 2 is 1.20 bits per heavy atom. The highest BCUT2D eigenvalue weighted by atomic mass is 32.1. The molecule has 0 aliphatic heterocycles. The van der Waals surface area contributed by atoms with Gasteiger partial charge in [-0.25, -0.2) is 0 Å². The van der Waals surface area contributed by atoms with Gasteiger partial charge < -0.3 is 9.13 Å². The molecule has 0 fully saturated rings. The van der Waals surface area contributed by atoms with Crippen molar-refractivity contribution in [2.75, 3.05) is 0 Å². The Morgan fingerprint density at radius 1 is 0.522 bits per heavy atom.